The van der Waals surface area contributed by atoms with Crippen molar-refractivity contribution in [3.63, 3.8) is 0 Å². The monoisotopic (exact) mass is 345 g/mol. The lowest BCUT2D eigenvalue weighted by molar-refractivity contribution is 0.102. The average Bonchev–Trinajstić information content (AvgIpc) is 2.78. The molecule has 3 rings (SSSR count). The van der Waals surface area contributed by atoms with Crippen molar-refractivity contribution in [3.05, 3.63) is 62.5 Å². The number of nitrogens with one attached hydrogen (secondary N) is 3. The lowest BCUT2D eigenvalue weighted by atomic mass is 10.1. The maximum Gasteiger partial charge on any atom is 0.323 e. The van der Waals surface area contributed by atoms with E-state index >= 15 is 0 Å². The second kappa shape index (κ2) is 5.21. The summed E-state index contributed by atoms with van der Waals surface area (Å²) < 4.78 is 0.845. The molecule has 0 radical (unpaired) electrons. The van der Waals surface area contributed by atoms with Gasteiger partial charge in [0.15, 0.2) is 0 Å². The Hall–Kier alpha value is -2.34. The van der Waals surface area contributed by atoms with Gasteiger partial charge in [-0.1, -0.05) is 22.0 Å². The number of halogens is 1. The van der Waals surface area contributed by atoms with E-state index < -0.39 is 0 Å². The molecule has 0 saturated heterocycles. The SMILES string of the molecule is Cc1cc2[nH]c(=O)[nH]c2cc1NC(=O)c1cccc(Br)c1. The van der Waals surface area contributed by atoms with Crippen molar-refractivity contribution >= 4 is 38.6 Å². The van der Waals surface area contributed by atoms with Gasteiger partial charge in [0.05, 0.1) is 11.0 Å². The molecule has 6 heteroatoms. The van der Waals surface area contributed by atoms with Crippen LogP contribution in [-0.2, 0) is 0 Å². The van der Waals surface area contributed by atoms with Gasteiger partial charge in [-0.25, -0.2) is 4.79 Å². The van der Waals surface area contributed by atoms with Crippen LogP contribution in [0.1, 0.15) is 15.9 Å². The quantitative estimate of drug-likeness (QED) is 0.666. The fourth-order valence-electron chi connectivity index (χ4n) is 2.15. The van der Waals surface area contributed by atoms with E-state index in [4.69, 9.17) is 0 Å². The van der Waals surface area contributed by atoms with Gasteiger partial charge in [0.1, 0.15) is 0 Å². The van der Waals surface area contributed by atoms with Gasteiger partial charge < -0.3 is 15.3 Å². The summed E-state index contributed by atoms with van der Waals surface area (Å²) in [6.45, 7) is 1.88. The molecule has 2 aromatic carbocycles. The third-order valence-electron chi connectivity index (χ3n) is 3.20. The number of hydrogen-bond acceptors (Lipinski definition) is 2. The summed E-state index contributed by atoms with van der Waals surface area (Å²) in [5.41, 5.74) is 3.23. The van der Waals surface area contributed by atoms with Crippen LogP contribution in [0.3, 0.4) is 0 Å². The Labute approximate surface area is 128 Å². The van der Waals surface area contributed by atoms with E-state index in [1.165, 1.54) is 0 Å². The third kappa shape index (κ3) is 2.75. The standard InChI is InChI=1S/C15H12BrN3O2/c1-8-5-12-13(19-15(21)18-12)7-11(8)17-14(20)9-3-2-4-10(16)6-9/h2-7H,1H3,(H,17,20)(H2,18,19,21). The normalized spacial score (nSPS) is 10.8. The van der Waals surface area contributed by atoms with Gasteiger partial charge in [-0.3, -0.25) is 4.79 Å². The van der Waals surface area contributed by atoms with E-state index in [-0.39, 0.29) is 11.6 Å². The molecule has 0 unspecified atom stereocenters. The maximum atomic E-state index is 12.2. The van der Waals surface area contributed by atoms with Crippen LogP contribution in [0.4, 0.5) is 5.69 Å². The minimum Gasteiger partial charge on any atom is -0.322 e. The van der Waals surface area contributed by atoms with Gasteiger partial charge in [0.2, 0.25) is 0 Å². The van der Waals surface area contributed by atoms with Crippen LogP contribution < -0.4 is 11.0 Å². The predicted octanol–water partition coefficient (Wildman–Crippen LogP) is 3.18. The number of amides is 1. The Morgan fingerprint density at radius 2 is 1.86 bits per heavy atom. The Bertz CT molecular complexity index is 895. The number of fused-ring (bicyclic) bond motifs is 1. The van der Waals surface area contributed by atoms with Crippen molar-refractivity contribution in [1.29, 1.82) is 0 Å². The molecule has 0 spiro atoms. The second-order valence-electron chi connectivity index (χ2n) is 4.76. The Morgan fingerprint density at radius 3 is 2.57 bits per heavy atom. The van der Waals surface area contributed by atoms with Crippen LogP contribution in [0.2, 0.25) is 0 Å². The Kier molecular flexibility index (Phi) is 3.39. The number of aromatic nitrogens is 2. The molecule has 3 aromatic rings. The van der Waals surface area contributed by atoms with Crippen LogP contribution in [0.15, 0.2) is 45.7 Å². The smallest absolute Gasteiger partial charge is 0.322 e. The summed E-state index contributed by atoms with van der Waals surface area (Å²) >= 11 is 3.34. The number of imidazole rings is 1. The molecule has 0 aliphatic rings. The zero-order valence-electron chi connectivity index (χ0n) is 11.2. The van der Waals surface area contributed by atoms with E-state index in [1.54, 1.807) is 24.3 Å². The lowest BCUT2D eigenvalue weighted by Crippen LogP contribution is -2.12. The highest BCUT2D eigenvalue weighted by Gasteiger charge is 2.10. The van der Waals surface area contributed by atoms with Crippen molar-refractivity contribution in [3.8, 4) is 0 Å². The van der Waals surface area contributed by atoms with Crippen molar-refractivity contribution in [2.75, 3.05) is 5.32 Å². The summed E-state index contributed by atoms with van der Waals surface area (Å²) in [5, 5.41) is 2.86. The number of aryl methyl sites for hydroxylation is 1. The number of H-pyrrole nitrogens is 2. The number of aromatic amines is 2. The fraction of sp³-hybridized carbons (Fsp3) is 0.0667. The molecule has 0 fully saturated rings. The van der Waals surface area contributed by atoms with E-state index in [0.717, 1.165) is 15.6 Å². The van der Waals surface area contributed by atoms with Crippen molar-refractivity contribution < 1.29 is 4.79 Å². The third-order valence-corrected chi connectivity index (χ3v) is 3.69. The zero-order valence-corrected chi connectivity index (χ0v) is 12.7. The van der Waals surface area contributed by atoms with Crippen LogP contribution in [0.5, 0.6) is 0 Å². The number of benzene rings is 2. The van der Waals surface area contributed by atoms with Crippen LogP contribution >= 0.6 is 15.9 Å². The number of rotatable bonds is 2. The zero-order chi connectivity index (χ0) is 15.0. The second-order valence-corrected chi connectivity index (χ2v) is 5.67. The molecule has 1 aromatic heterocycles. The summed E-state index contributed by atoms with van der Waals surface area (Å²) in [5.74, 6) is -0.198. The molecule has 3 N–H and O–H groups in total. The van der Waals surface area contributed by atoms with Crippen LogP contribution in [0, 0.1) is 6.92 Å². The number of carbonyl (C=O) groups is 1. The highest BCUT2D eigenvalue weighted by Crippen LogP contribution is 2.21. The maximum absolute atomic E-state index is 12.2. The summed E-state index contributed by atoms with van der Waals surface area (Å²) in [7, 11) is 0. The number of anilines is 1. The fourth-order valence-corrected chi connectivity index (χ4v) is 2.55. The lowest BCUT2D eigenvalue weighted by Gasteiger charge is -2.09. The molecule has 0 saturated carbocycles. The average molecular weight is 346 g/mol. The highest BCUT2D eigenvalue weighted by molar-refractivity contribution is 9.10. The van der Waals surface area contributed by atoms with E-state index in [2.05, 4.69) is 31.2 Å². The molecule has 106 valence electrons. The summed E-state index contributed by atoms with van der Waals surface area (Å²) in [6.07, 6.45) is 0. The first kappa shape index (κ1) is 13.6. The Balaban J connectivity index is 1.95. The first-order valence-electron chi connectivity index (χ1n) is 6.32. The molecule has 0 aliphatic carbocycles. The minimum atomic E-state index is -0.264. The van der Waals surface area contributed by atoms with E-state index in [9.17, 15) is 9.59 Å². The largest absolute Gasteiger partial charge is 0.323 e. The molecule has 5 nitrogen and oxygen atoms in total. The van der Waals surface area contributed by atoms with E-state index in [1.807, 2.05) is 19.1 Å². The molecular weight excluding hydrogens is 334 g/mol. The number of hydrogen-bond donors (Lipinski definition) is 3. The molecule has 21 heavy (non-hydrogen) atoms. The summed E-state index contributed by atoms with van der Waals surface area (Å²) in [6, 6.07) is 10.7. The van der Waals surface area contributed by atoms with Crippen molar-refractivity contribution in [2.24, 2.45) is 0 Å². The van der Waals surface area contributed by atoms with Gasteiger partial charge >= 0.3 is 5.69 Å². The van der Waals surface area contributed by atoms with Crippen LogP contribution in [0.25, 0.3) is 11.0 Å². The molecular formula is C15H12BrN3O2. The molecule has 0 aliphatic heterocycles. The Morgan fingerprint density at radius 1 is 1.14 bits per heavy atom. The molecule has 1 heterocycles. The van der Waals surface area contributed by atoms with Crippen molar-refractivity contribution in [1.82, 2.24) is 9.97 Å². The van der Waals surface area contributed by atoms with Crippen molar-refractivity contribution in [2.45, 2.75) is 6.92 Å². The van der Waals surface area contributed by atoms with Gasteiger partial charge in [0.25, 0.3) is 5.91 Å². The van der Waals surface area contributed by atoms with Gasteiger partial charge in [-0.05, 0) is 42.8 Å². The first-order chi connectivity index (χ1) is 10.0. The topological polar surface area (TPSA) is 77.8 Å². The van der Waals surface area contributed by atoms with E-state index in [0.29, 0.717) is 16.8 Å². The van der Waals surface area contributed by atoms with Gasteiger partial charge in [-0.2, -0.15) is 0 Å². The number of carbonyl (C=O) groups excluding carboxylic acids is 1. The van der Waals surface area contributed by atoms with Gasteiger partial charge in [0, 0.05) is 15.7 Å². The first-order valence-corrected chi connectivity index (χ1v) is 7.12. The minimum absolute atomic E-state index is 0.198. The molecule has 0 atom stereocenters. The molecule has 0 bridgehead atoms. The molecule has 1 amide bonds. The summed E-state index contributed by atoms with van der Waals surface area (Å²) in [4.78, 5) is 28.9. The highest BCUT2D eigenvalue weighted by atomic mass is 79.9. The predicted molar refractivity (Wildman–Crippen MR) is 85.8 cm³/mol. The van der Waals surface area contributed by atoms with Crippen LogP contribution in [-0.4, -0.2) is 15.9 Å². The van der Waals surface area contributed by atoms with Gasteiger partial charge in [-0.15, -0.1) is 0 Å².